The molecule has 0 unspecified atom stereocenters. The van der Waals surface area contributed by atoms with E-state index in [0.29, 0.717) is 22.5 Å². The Labute approximate surface area is 130 Å². The second-order valence-corrected chi connectivity index (χ2v) is 5.93. The SMILES string of the molecule is CCCc1c(-c2cc(Cl)cc([N+](=O)[O-])c2)sc(C#N)c1N. The molecule has 0 radical (unpaired) electrons. The van der Waals surface area contributed by atoms with Gasteiger partial charge in [-0.25, -0.2) is 0 Å². The van der Waals surface area contributed by atoms with Gasteiger partial charge in [0.05, 0.1) is 10.6 Å². The minimum absolute atomic E-state index is 0.0783. The summed E-state index contributed by atoms with van der Waals surface area (Å²) in [7, 11) is 0. The first-order chi connectivity index (χ1) is 9.97. The third-order valence-electron chi connectivity index (χ3n) is 3.01. The lowest BCUT2D eigenvalue weighted by Gasteiger charge is -2.05. The minimum atomic E-state index is -0.489. The van der Waals surface area contributed by atoms with Gasteiger partial charge in [0.2, 0.25) is 0 Å². The van der Waals surface area contributed by atoms with E-state index in [2.05, 4.69) is 6.07 Å². The molecule has 21 heavy (non-hydrogen) atoms. The van der Waals surface area contributed by atoms with Crippen molar-refractivity contribution in [3.05, 3.63) is 43.8 Å². The molecular weight excluding hydrogens is 310 g/mol. The third-order valence-corrected chi connectivity index (χ3v) is 4.42. The molecule has 0 amide bonds. The van der Waals surface area contributed by atoms with Crippen molar-refractivity contribution in [2.45, 2.75) is 19.8 Å². The summed E-state index contributed by atoms with van der Waals surface area (Å²) < 4.78 is 0. The number of nitro groups is 1. The summed E-state index contributed by atoms with van der Waals surface area (Å²) in [6.07, 6.45) is 1.57. The molecule has 1 aromatic carbocycles. The zero-order chi connectivity index (χ0) is 15.6. The quantitative estimate of drug-likeness (QED) is 0.667. The molecule has 7 heteroatoms. The Balaban J connectivity index is 2.66. The lowest BCUT2D eigenvalue weighted by Crippen LogP contribution is -1.94. The van der Waals surface area contributed by atoms with E-state index >= 15 is 0 Å². The van der Waals surface area contributed by atoms with Crippen LogP contribution < -0.4 is 5.73 Å². The highest BCUT2D eigenvalue weighted by atomic mass is 35.5. The third kappa shape index (κ3) is 2.99. The highest BCUT2D eigenvalue weighted by Gasteiger charge is 2.19. The predicted molar refractivity (Wildman–Crippen MR) is 84.5 cm³/mol. The maximum atomic E-state index is 10.9. The summed E-state index contributed by atoms with van der Waals surface area (Å²) in [5.74, 6) is 0. The molecule has 0 aliphatic carbocycles. The fourth-order valence-electron chi connectivity index (χ4n) is 2.10. The van der Waals surface area contributed by atoms with Crippen molar-refractivity contribution in [1.29, 1.82) is 5.26 Å². The second-order valence-electron chi connectivity index (χ2n) is 4.47. The Morgan fingerprint density at radius 1 is 1.48 bits per heavy atom. The van der Waals surface area contributed by atoms with Gasteiger partial charge in [0.1, 0.15) is 10.9 Å². The van der Waals surface area contributed by atoms with Crippen molar-refractivity contribution >= 4 is 34.3 Å². The van der Waals surface area contributed by atoms with E-state index in [4.69, 9.17) is 22.6 Å². The number of nitrogens with zero attached hydrogens (tertiary/aromatic N) is 2. The van der Waals surface area contributed by atoms with Crippen LogP contribution in [0.2, 0.25) is 5.02 Å². The highest BCUT2D eigenvalue weighted by Crippen LogP contribution is 2.41. The number of hydrogen-bond donors (Lipinski definition) is 1. The highest BCUT2D eigenvalue weighted by molar-refractivity contribution is 7.16. The second kappa shape index (κ2) is 6.12. The molecule has 108 valence electrons. The number of nitriles is 1. The molecule has 2 rings (SSSR count). The standard InChI is InChI=1S/C14H12ClN3O2S/c1-2-3-11-13(17)12(7-16)21-14(11)8-4-9(15)6-10(5-8)18(19)20/h4-6H,2-3,17H2,1H3. The number of nitrogen functional groups attached to an aromatic ring is 1. The Hall–Kier alpha value is -2.10. The molecule has 2 N–H and O–H groups in total. The van der Waals surface area contributed by atoms with Crippen LogP contribution in [0.3, 0.4) is 0 Å². The first-order valence-electron chi connectivity index (χ1n) is 6.24. The summed E-state index contributed by atoms with van der Waals surface area (Å²) in [6.45, 7) is 2.01. The monoisotopic (exact) mass is 321 g/mol. The Morgan fingerprint density at radius 3 is 2.76 bits per heavy atom. The van der Waals surface area contributed by atoms with Crippen LogP contribution in [0.5, 0.6) is 0 Å². The van der Waals surface area contributed by atoms with Gasteiger partial charge >= 0.3 is 0 Å². The molecular formula is C14H12ClN3O2S. The molecule has 0 spiro atoms. The Morgan fingerprint density at radius 2 is 2.19 bits per heavy atom. The van der Waals surface area contributed by atoms with Crippen LogP contribution in [-0.4, -0.2) is 4.92 Å². The molecule has 1 heterocycles. The van der Waals surface area contributed by atoms with Crippen LogP contribution in [0.4, 0.5) is 11.4 Å². The van der Waals surface area contributed by atoms with Gasteiger partial charge in [0.15, 0.2) is 0 Å². The minimum Gasteiger partial charge on any atom is -0.397 e. The van der Waals surface area contributed by atoms with Crippen molar-refractivity contribution in [3.8, 4) is 16.5 Å². The summed E-state index contributed by atoms with van der Waals surface area (Å²) >= 11 is 7.20. The van der Waals surface area contributed by atoms with Gasteiger partial charge in [0, 0.05) is 27.6 Å². The predicted octanol–water partition coefficient (Wildman–Crippen LogP) is 4.38. The molecule has 5 nitrogen and oxygen atoms in total. The zero-order valence-electron chi connectivity index (χ0n) is 11.2. The lowest BCUT2D eigenvalue weighted by molar-refractivity contribution is -0.384. The van der Waals surface area contributed by atoms with Gasteiger partial charge in [0.25, 0.3) is 5.69 Å². The van der Waals surface area contributed by atoms with Crippen molar-refractivity contribution in [2.75, 3.05) is 5.73 Å². The van der Waals surface area contributed by atoms with E-state index < -0.39 is 4.92 Å². The molecule has 0 aliphatic heterocycles. The Bertz CT molecular complexity index is 749. The lowest BCUT2D eigenvalue weighted by atomic mass is 10.0. The molecule has 0 fully saturated rings. The van der Waals surface area contributed by atoms with E-state index in [0.717, 1.165) is 16.9 Å². The fourth-order valence-corrected chi connectivity index (χ4v) is 3.39. The maximum absolute atomic E-state index is 10.9. The van der Waals surface area contributed by atoms with Crippen LogP contribution in [-0.2, 0) is 6.42 Å². The average Bonchev–Trinajstić information content (AvgIpc) is 2.75. The van der Waals surface area contributed by atoms with Crippen molar-refractivity contribution in [2.24, 2.45) is 0 Å². The van der Waals surface area contributed by atoms with Gasteiger partial charge in [-0.05, 0) is 18.1 Å². The smallest absolute Gasteiger partial charge is 0.271 e. The number of halogens is 1. The number of non-ortho nitro benzene ring substituents is 1. The molecule has 0 bridgehead atoms. The van der Waals surface area contributed by atoms with Gasteiger partial charge in [-0.15, -0.1) is 11.3 Å². The van der Waals surface area contributed by atoms with Crippen LogP contribution >= 0.6 is 22.9 Å². The van der Waals surface area contributed by atoms with Crippen molar-refractivity contribution < 1.29 is 4.92 Å². The van der Waals surface area contributed by atoms with Gasteiger partial charge in [-0.3, -0.25) is 10.1 Å². The molecule has 0 aliphatic rings. The van der Waals surface area contributed by atoms with Gasteiger partial charge < -0.3 is 5.73 Å². The number of rotatable bonds is 4. The summed E-state index contributed by atoms with van der Waals surface area (Å²) in [6, 6.07) is 6.47. The summed E-state index contributed by atoms with van der Waals surface area (Å²) in [4.78, 5) is 11.7. The van der Waals surface area contributed by atoms with E-state index in [-0.39, 0.29) is 10.7 Å². The van der Waals surface area contributed by atoms with E-state index in [1.54, 1.807) is 6.07 Å². The summed E-state index contributed by atoms with van der Waals surface area (Å²) in [5, 5.41) is 20.3. The zero-order valence-corrected chi connectivity index (χ0v) is 12.8. The molecule has 0 saturated carbocycles. The van der Waals surface area contributed by atoms with Gasteiger partial charge in [-0.1, -0.05) is 24.9 Å². The van der Waals surface area contributed by atoms with Crippen molar-refractivity contribution in [1.82, 2.24) is 0 Å². The molecule has 1 aromatic heterocycles. The van der Waals surface area contributed by atoms with Crippen LogP contribution in [0, 0.1) is 21.4 Å². The number of anilines is 1. The van der Waals surface area contributed by atoms with E-state index in [9.17, 15) is 10.1 Å². The molecule has 0 saturated heterocycles. The molecule has 0 atom stereocenters. The van der Waals surface area contributed by atoms with Crippen LogP contribution in [0.25, 0.3) is 10.4 Å². The Kier molecular flexibility index (Phi) is 4.46. The molecule has 2 aromatic rings. The number of hydrogen-bond acceptors (Lipinski definition) is 5. The van der Waals surface area contributed by atoms with Crippen LogP contribution in [0.15, 0.2) is 18.2 Å². The number of benzene rings is 1. The van der Waals surface area contributed by atoms with E-state index in [1.807, 2.05) is 6.92 Å². The number of thiophene rings is 1. The maximum Gasteiger partial charge on any atom is 0.271 e. The topological polar surface area (TPSA) is 93.0 Å². The number of nitrogens with two attached hydrogens (primary N) is 1. The van der Waals surface area contributed by atoms with Crippen LogP contribution in [0.1, 0.15) is 23.8 Å². The fraction of sp³-hybridized carbons (Fsp3) is 0.214. The largest absolute Gasteiger partial charge is 0.397 e. The van der Waals surface area contributed by atoms with E-state index in [1.165, 1.54) is 23.5 Å². The summed E-state index contributed by atoms with van der Waals surface area (Å²) in [5.41, 5.74) is 7.86. The number of nitro benzene ring substituents is 1. The normalized spacial score (nSPS) is 10.3. The van der Waals surface area contributed by atoms with Crippen molar-refractivity contribution in [3.63, 3.8) is 0 Å². The van der Waals surface area contributed by atoms with Gasteiger partial charge in [-0.2, -0.15) is 5.26 Å². The average molecular weight is 322 g/mol. The first-order valence-corrected chi connectivity index (χ1v) is 7.44. The first kappa shape index (κ1) is 15.3.